The molecule has 0 heterocycles. The third-order valence-corrected chi connectivity index (χ3v) is 4.00. The van der Waals surface area contributed by atoms with Gasteiger partial charge in [0, 0.05) is 18.6 Å². The van der Waals surface area contributed by atoms with Crippen LogP contribution in [0.4, 0.5) is 0 Å². The first-order valence-corrected chi connectivity index (χ1v) is 7.94. The van der Waals surface area contributed by atoms with Gasteiger partial charge in [-0.05, 0) is 32.7 Å². The van der Waals surface area contributed by atoms with Gasteiger partial charge in [0.25, 0.3) is 0 Å². The van der Waals surface area contributed by atoms with Crippen LogP contribution in [0.3, 0.4) is 0 Å². The summed E-state index contributed by atoms with van der Waals surface area (Å²) in [6.45, 7) is 10.00. The Labute approximate surface area is 115 Å². The molecule has 0 saturated carbocycles. The number of hydrogen-bond donors (Lipinski definition) is 1. The van der Waals surface area contributed by atoms with Gasteiger partial charge in [0.15, 0.2) is 0 Å². The van der Waals surface area contributed by atoms with E-state index < -0.39 is 0 Å². The Morgan fingerprint density at radius 2 is 1.61 bits per heavy atom. The van der Waals surface area contributed by atoms with Gasteiger partial charge < -0.3 is 5.73 Å². The molecule has 18 heavy (non-hydrogen) atoms. The number of nitrogens with two attached hydrogens (primary N) is 1. The van der Waals surface area contributed by atoms with Crippen molar-refractivity contribution in [3.05, 3.63) is 0 Å². The van der Waals surface area contributed by atoms with Crippen molar-refractivity contribution >= 4 is 0 Å². The van der Waals surface area contributed by atoms with Crippen molar-refractivity contribution < 1.29 is 0 Å². The minimum absolute atomic E-state index is 0.570. The van der Waals surface area contributed by atoms with E-state index in [0.29, 0.717) is 12.1 Å². The Bertz CT molecular complexity index is 180. The molecule has 0 fully saturated rings. The quantitative estimate of drug-likeness (QED) is 0.565. The van der Waals surface area contributed by atoms with Gasteiger partial charge in [0.05, 0.1) is 0 Å². The molecule has 0 radical (unpaired) electrons. The molecule has 0 amide bonds. The van der Waals surface area contributed by atoms with Crippen LogP contribution in [0.25, 0.3) is 0 Å². The lowest BCUT2D eigenvalue weighted by atomic mass is 10.00. The SMILES string of the molecule is CCCCCCCC(CN)N(C)C(C)CC(C)C. The van der Waals surface area contributed by atoms with E-state index in [1.807, 2.05) is 0 Å². The Morgan fingerprint density at radius 3 is 2.11 bits per heavy atom. The molecule has 2 heteroatoms. The first-order chi connectivity index (χ1) is 8.52. The summed E-state index contributed by atoms with van der Waals surface area (Å²) < 4.78 is 0. The van der Waals surface area contributed by atoms with Gasteiger partial charge in [-0.25, -0.2) is 0 Å². The lowest BCUT2D eigenvalue weighted by molar-refractivity contribution is 0.158. The second kappa shape index (κ2) is 10.8. The van der Waals surface area contributed by atoms with Crippen molar-refractivity contribution in [2.24, 2.45) is 11.7 Å². The maximum absolute atomic E-state index is 5.94. The van der Waals surface area contributed by atoms with Crippen LogP contribution in [0.1, 0.15) is 72.6 Å². The summed E-state index contributed by atoms with van der Waals surface area (Å²) in [5.41, 5.74) is 5.94. The highest BCUT2D eigenvalue weighted by molar-refractivity contribution is 4.75. The second-order valence-corrected chi connectivity index (χ2v) is 6.24. The zero-order valence-corrected chi connectivity index (χ0v) is 13.4. The monoisotopic (exact) mass is 256 g/mol. The summed E-state index contributed by atoms with van der Waals surface area (Å²) in [4.78, 5) is 2.50. The average Bonchev–Trinajstić information content (AvgIpc) is 2.32. The summed E-state index contributed by atoms with van der Waals surface area (Å²) in [6.07, 6.45) is 9.33. The van der Waals surface area contributed by atoms with Gasteiger partial charge in [-0.3, -0.25) is 4.90 Å². The van der Waals surface area contributed by atoms with Crippen LogP contribution >= 0.6 is 0 Å². The van der Waals surface area contributed by atoms with E-state index in [1.54, 1.807) is 0 Å². The van der Waals surface area contributed by atoms with Crippen molar-refractivity contribution in [1.29, 1.82) is 0 Å². The number of nitrogens with zero attached hydrogens (tertiary/aromatic N) is 1. The molecule has 0 bridgehead atoms. The molecule has 0 aliphatic carbocycles. The fraction of sp³-hybridized carbons (Fsp3) is 1.00. The number of rotatable bonds is 11. The second-order valence-electron chi connectivity index (χ2n) is 6.24. The standard InChI is InChI=1S/C16H36N2/c1-6-7-8-9-10-11-16(13-17)18(5)15(4)12-14(2)3/h14-16H,6-13,17H2,1-5H3. The molecule has 0 aliphatic rings. The summed E-state index contributed by atoms with van der Waals surface area (Å²) in [7, 11) is 2.25. The maximum atomic E-state index is 5.94. The summed E-state index contributed by atoms with van der Waals surface area (Å²) in [5.74, 6) is 0.769. The Morgan fingerprint density at radius 1 is 1.00 bits per heavy atom. The number of hydrogen-bond acceptors (Lipinski definition) is 2. The van der Waals surface area contributed by atoms with E-state index >= 15 is 0 Å². The van der Waals surface area contributed by atoms with Crippen molar-refractivity contribution in [2.45, 2.75) is 84.7 Å². The molecule has 110 valence electrons. The molecular weight excluding hydrogens is 220 g/mol. The lowest BCUT2D eigenvalue weighted by Gasteiger charge is -2.33. The number of unbranched alkanes of at least 4 members (excludes halogenated alkanes) is 4. The highest BCUT2D eigenvalue weighted by Crippen LogP contribution is 2.16. The molecular formula is C16H36N2. The van der Waals surface area contributed by atoms with Crippen LogP contribution in [0.15, 0.2) is 0 Å². The van der Waals surface area contributed by atoms with E-state index in [4.69, 9.17) is 5.73 Å². The van der Waals surface area contributed by atoms with E-state index in [9.17, 15) is 0 Å². The highest BCUT2D eigenvalue weighted by atomic mass is 15.2. The maximum Gasteiger partial charge on any atom is 0.0218 e. The molecule has 2 N–H and O–H groups in total. The minimum atomic E-state index is 0.570. The van der Waals surface area contributed by atoms with Crippen molar-refractivity contribution in [1.82, 2.24) is 4.90 Å². The Balaban J connectivity index is 3.91. The zero-order valence-electron chi connectivity index (χ0n) is 13.4. The van der Waals surface area contributed by atoms with Crippen molar-refractivity contribution in [3.8, 4) is 0 Å². The van der Waals surface area contributed by atoms with Crippen LogP contribution in [0.5, 0.6) is 0 Å². The average molecular weight is 256 g/mol. The first-order valence-electron chi connectivity index (χ1n) is 7.94. The fourth-order valence-electron chi connectivity index (χ4n) is 2.68. The van der Waals surface area contributed by atoms with Crippen LogP contribution in [-0.2, 0) is 0 Å². The third-order valence-electron chi connectivity index (χ3n) is 4.00. The fourth-order valence-corrected chi connectivity index (χ4v) is 2.68. The van der Waals surface area contributed by atoms with Crippen molar-refractivity contribution in [2.75, 3.05) is 13.6 Å². The van der Waals surface area contributed by atoms with E-state index in [2.05, 4.69) is 39.6 Å². The summed E-state index contributed by atoms with van der Waals surface area (Å²) in [5, 5.41) is 0. The zero-order chi connectivity index (χ0) is 14.0. The predicted molar refractivity (Wildman–Crippen MR) is 82.9 cm³/mol. The molecule has 0 aromatic rings. The molecule has 0 aromatic heterocycles. The Hall–Kier alpha value is -0.0800. The van der Waals surface area contributed by atoms with Gasteiger partial charge in [0.1, 0.15) is 0 Å². The van der Waals surface area contributed by atoms with Gasteiger partial charge in [-0.2, -0.15) is 0 Å². The highest BCUT2D eigenvalue weighted by Gasteiger charge is 2.18. The van der Waals surface area contributed by atoms with Crippen LogP contribution in [0.2, 0.25) is 0 Å². The van der Waals surface area contributed by atoms with E-state index in [0.717, 1.165) is 12.5 Å². The van der Waals surface area contributed by atoms with Gasteiger partial charge in [0.2, 0.25) is 0 Å². The molecule has 2 unspecified atom stereocenters. The molecule has 0 aliphatic heterocycles. The van der Waals surface area contributed by atoms with Crippen molar-refractivity contribution in [3.63, 3.8) is 0 Å². The largest absolute Gasteiger partial charge is 0.329 e. The topological polar surface area (TPSA) is 29.3 Å². The molecule has 0 aromatic carbocycles. The number of likely N-dealkylation sites (N-methyl/N-ethyl adjacent to an activating group) is 1. The van der Waals surface area contributed by atoms with Gasteiger partial charge >= 0.3 is 0 Å². The summed E-state index contributed by atoms with van der Waals surface area (Å²) >= 11 is 0. The normalized spacial score (nSPS) is 15.3. The van der Waals surface area contributed by atoms with Gasteiger partial charge in [-0.15, -0.1) is 0 Å². The smallest absolute Gasteiger partial charge is 0.0218 e. The molecule has 2 nitrogen and oxygen atoms in total. The van der Waals surface area contributed by atoms with E-state index in [-0.39, 0.29) is 0 Å². The van der Waals surface area contributed by atoms with Gasteiger partial charge in [-0.1, -0.05) is 52.9 Å². The third kappa shape index (κ3) is 8.10. The van der Waals surface area contributed by atoms with Crippen LogP contribution in [0, 0.1) is 5.92 Å². The minimum Gasteiger partial charge on any atom is -0.329 e. The Kier molecular flexibility index (Phi) is 10.8. The van der Waals surface area contributed by atoms with E-state index in [1.165, 1.54) is 44.9 Å². The first kappa shape index (κ1) is 17.9. The van der Waals surface area contributed by atoms with Crippen LogP contribution < -0.4 is 5.73 Å². The molecule has 0 spiro atoms. The lowest BCUT2D eigenvalue weighted by Crippen LogP contribution is -2.43. The molecule has 2 atom stereocenters. The summed E-state index contributed by atoms with van der Waals surface area (Å²) in [6, 6.07) is 1.22. The predicted octanol–water partition coefficient (Wildman–Crippen LogP) is 4.04. The molecule has 0 rings (SSSR count). The van der Waals surface area contributed by atoms with Crippen LogP contribution in [-0.4, -0.2) is 30.6 Å². The molecule has 0 saturated heterocycles.